The minimum absolute atomic E-state index is 0.0928. The molecular formula is C23H24Cl2N2O2S. The number of hydrogen-bond acceptors (Lipinski definition) is 4. The number of halogens is 2. The molecule has 1 aromatic heterocycles. The summed E-state index contributed by atoms with van der Waals surface area (Å²) in [6.45, 7) is 6.95. The number of amides is 1. The number of nitrogens with zero attached hydrogens (tertiary/aromatic N) is 1. The van der Waals surface area contributed by atoms with Crippen molar-refractivity contribution in [2.45, 2.75) is 39.0 Å². The largest absolute Gasteiger partial charge is 0.492 e. The number of hydrogen-bond donors (Lipinski definition) is 1. The Morgan fingerprint density at radius 2 is 1.87 bits per heavy atom. The third kappa shape index (κ3) is 6.21. The number of nitrogens with one attached hydrogen (secondary N) is 1. The van der Waals surface area contributed by atoms with Crippen LogP contribution in [0.4, 0.5) is 5.13 Å². The van der Waals surface area contributed by atoms with Crippen LogP contribution in [0.25, 0.3) is 11.3 Å². The van der Waals surface area contributed by atoms with Crippen LogP contribution in [0.3, 0.4) is 0 Å². The van der Waals surface area contributed by atoms with Gasteiger partial charge in [0.2, 0.25) is 5.91 Å². The van der Waals surface area contributed by atoms with Gasteiger partial charge in [-0.25, -0.2) is 4.98 Å². The van der Waals surface area contributed by atoms with Gasteiger partial charge >= 0.3 is 0 Å². The van der Waals surface area contributed by atoms with Crippen molar-refractivity contribution in [3.8, 4) is 17.0 Å². The second-order valence-electron chi connectivity index (χ2n) is 7.94. The van der Waals surface area contributed by atoms with E-state index < -0.39 is 0 Å². The molecule has 158 valence electrons. The van der Waals surface area contributed by atoms with Crippen LogP contribution in [0.1, 0.15) is 39.2 Å². The van der Waals surface area contributed by atoms with E-state index in [0.717, 1.165) is 11.3 Å². The van der Waals surface area contributed by atoms with Gasteiger partial charge in [-0.1, -0.05) is 68.2 Å². The predicted octanol–water partition coefficient (Wildman–Crippen LogP) is 7.21. The Hall–Kier alpha value is -2.08. The summed E-state index contributed by atoms with van der Waals surface area (Å²) in [5.41, 5.74) is 3.28. The Kier molecular flexibility index (Phi) is 7.40. The molecule has 2 aromatic carbocycles. The molecule has 0 fully saturated rings. The normalized spacial score (nSPS) is 11.4. The first-order valence-corrected chi connectivity index (χ1v) is 11.3. The van der Waals surface area contributed by atoms with Crippen LogP contribution in [-0.4, -0.2) is 17.5 Å². The van der Waals surface area contributed by atoms with Gasteiger partial charge in [0.15, 0.2) is 5.13 Å². The summed E-state index contributed by atoms with van der Waals surface area (Å²) in [6, 6.07) is 13.4. The fourth-order valence-electron chi connectivity index (χ4n) is 2.79. The summed E-state index contributed by atoms with van der Waals surface area (Å²) < 4.78 is 5.60. The molecule has 0 bridgehead atoms. The number of carbonyl (C=O) groups is 1. The second kappa shape index (κ2) is 9.82. The molecule has 0 saturated heterocycles. The van der Waals surface area contributed by atoms with Gasteiger partial charge in [0.05, 0.1) is 17.3 Å². The maximum absolute atomic E-state index is 12.2. The summed E-state index contributed by atoms with van der Waals surface area (Å²) in [4.78, 5) is 16.7. The van der Waals surface area contributed by atoms with Crippen molar-refractivity contribution in [3.05, 3.63) is 63.5 Å². The van der Waals surface area contributed by atoms with Gasteiger partial charge in [0.25, 0.3) is 0 Å². The van der Waals surface area contributed by atoms with Crippen molar-refractivity contribution in [1.29, 1.82) is 0 Å². The van der Waals surface area contributed by atoms with Gasteiger partial charge in [-0.2, -0.15) is 0 Å². The lowest BCUT2D eigenvalue weighted by atomic mass is 9.86. The maximum Gasteiger partial charge on any atom is 0.226 e. The zero-order valence-corrected chi connectivity index (χ0v) is 19.5. The van der Waals surface area contributed by atoms with E-state index >= 15 is 0 Å². The van der Waals surface area contributed by atoms with Crippen molar-refractivity contribution in [1.82, 2.24) is 4.98 Å². The molecule has 0 aliphatic carbocycles. The van der Waals surface area contributed by atoms with E-state index in [4.69, 9.17) is 27.9 Å². The molecule has 7 heteroatoms. The van der Waals surface area contributed by atoms with Gasteiger partial charge in [-0.05, 0) is 35.6 Å². The Bertz CT molecular complexity index is 1010. The lowest BCUT2D eigenvalue weighted by Crippen LogP contribution is -2.12. The van der Waals surface area contributed by atoms with Crippen molar-refractivity contribution in [3.63, 3.8) is 0 Å². The summed E-state index contributed by atoms with van der Waals surface area (Å²) in [5.74, 6) is 0.466. The number of aromatic nitrogens is 1. The van der Waals surface area contributed by atoms with Gasteiger partial charge < -0.3 is 10.1 Å². The Labute approximate surface area is 191 Å². The SMILES string of the molecule is CC(C)(C)c1ccc(-c2csc(NC(=O)CCCOc3ccc(Cl)cc3Cl)n2)cc1. The van der Waals surface area contributed by atoms with Crippen LogP contribution in [0, 0.1) is 0 Å². The van der Waals surface area contributed by atoms with E-state index in [1.165, 1.54) is 16.9 Å². The highest BCUT2D eigenvalue weighted by molar-refractivity contribution is 7.14. The van der Waals surface area contributed by atoms with Crippen molar-refractivity contribution in [2.75, 3.05) is 11.9 Å². The lowest BCUT2D eigenvalue weighted by Gasteiger charge is -2.18. The molecule has 0 saturated carbocycles. The first kappa shape index (κ1) is 22.6. The first-order valence-electron chi connectivity index (χ1n) is 9.66. The number of carbonyl (C=O) groups excluding carboxylic acids is 1. The Balaban J connectivity index is 1.47. The summed E-state index contributed by atoms with van der Waals surface area (Å²) in [7, 11) is 0. The quantitative estimate of drug-likeness (QED) is 0.377. The molecule has 0 radical (unpaired) electrons. The Morgan fingerprint density at radius 1 is 1.13 bits per heavy atom. The number of thiazole rings is 1. The Morgan fingerprint density at radius 3 is 2.53 bits per heavy atom. The molecule has 1 N–H and O–H groups in total. The van der Waals surface area contributed by atoms with Gasteiger partial charge in [-0.3, -0.25) is 4.79 Å². The molecule has 1 heterocycles. The van der Waals surface area contributed by atoms with Crippen LogP contribution in [0.2, 0.25) is 10.0 Å². The van der Waals surface area contributed by atoms with Gasteiger partial charge in [0.1, 0.15) is 5.75 Å². The first-order chi connectivity index (χ1) is 14.2. The third-order valence-electron chi connectivity index (χ3n) is 4.50. The molecule has 1 amide bonds. The molecule has 0 atom stereocenters. The number of benzene rings is 2. The molecular weight excluding hydrogens is 439 g/mol. The van der Waals surface area contributed by atoms with E-state index in [-0.39, 0.29) is 11.3 Å². The molecule has 0 aliphatic rings. The van der Waals surface area contributed by atoms with Gasteiger partial charge in [-0.15, -0.1) is 11.3 Å². The highest BCUT2D eigenvalue weighted by Gasteiger charge is 2.14. The lowest BCUT2D eigenvalue weighted by molar-refractivity contribution is -0.116. The highest BCUT2D eigenvalue weighted by Crippen LogP contribution is 2.29. The topological polar surface area (TPSA) is 51.2 Å². The van der Waals surface area contributed by atoms with Crippen LogP contribution < -0.4 is 10.1 Å². The molecule has 3 rings (SSSR count). The number of anilines is 1. The third-order valence-corrected chi connectivity index (χ3v) is 5.79. The van der Waals surface area contributed by atoms with Crippen molar-refractivity contribution < 1.29 is 9.53 Å². The molecule has 4 nitrogen and oxygen atoms in total. The maximum atomic E-state index is 12.2. The van der Waals surface area contributed by atoms with Crippen molar-refractivity contribution in [2.24, 2.45) is 0 Å². The summed E-state index contributed by atoms with van der Waals surface area (Å²) in [5, 5.41) is 6.41. The van der Waals surface area contributed by atoms with Crippen molar-refractivity contribution >= 4 is 45.6 Å². The van der Waals surface area contributed by atoms with Crippen LogP contribution in [-0.2, 0) is 10.2 Å². The fraction of sp³-hybridized carbons (Fsp3) is 0.304. The summed E-state index contributed by atoms with van der Waals surface area (Å²) >= 11 is 13.3. The fourth-order valence-corrected chi connectivity index (χ4v) is 3.99. The smallest absolute Gasteiger partial charge is 0.226 e. The van der Waals surface area contributed by atoms with E-state index in [9.17, 15) is 4.79 Å². The number of rotatable bonds is 7. The van der Waals surface area contributed by atoms with Crippen LogP contribution in [0.15, 0.2) is 47.8 Å². The van der Waals surface area contributed by atoms with Gasteiger partial charge in [0, 0.05) is 22.4 Å². The second-order valence-corrected chi connectivity index (χ2v) is 9.64. The average Bonchev–Trinajstić information content (AvgIpc) is 3.14. The van der Waals surface area contributed by atoms with Crippen LogP contribution in [0.5, 0.6) is 5.75 Å². The predicted molar refractivity (Wildman–Crippen MR) is 126 cm³/mol. The zero-order valence-electron chi connectivity index (χ0n) is 17.2. The number of ether oxygens (including phenoxy) is 1. The molecule has 0 spiro atoms. The minimum Gasteiger partial charge on any atom is -0.492 e. The highest BCUT2D eigenvalue weighted by atomic mass is 35.5. The molecule has 0 aliphatic heterocycles. The standard InChI is InChI=1S/C23H24Cl2N2O2S/c1-23(2,3)16-8-6-15(7-9-16)19-14-30-22(26-19)27-21(28)5-4-12-29-20-11-10-17(24)13-18(20)25/h6-11,13-14H,4-5,12H2,1-3H3,(H,26,27,28). The van der Waals surface area contributed by atoms with Crippen LogP contribution >= 0.6 is 34.5 Å². The zero-order chi connectivity index (χ0) is 21.7. The average molecular weight is 463 g/mol. The van der Waals surface area contributed by atoms with E-state index in [1.54, 1.807) is 18.2 Å². The van der Waals surface area contributed by atoms with E-state index in [0.29, 0.717) is 40.4 Å². The van der Waals surface area contributed by atoms with E-state index in [2.05, 4.69) is 55.3 Å². The monoisotopic (exact) mass is 462 g/mol. The molecule has 30 heavy (non-hydrogen) atoms. The van der Waals surface area contributed by atoms with E-state index in [1.807, 2.05) is 5.38 Å². The molecule has 0 unspecified atom stereocenters. The summed E-state index contributed by atoms with van der Waals surface area (Å²) in [6.07, 6.45) is 0.900. The minimum atomic E-state index is -0.0928. The molecule has 3 aromatic rings.